The minimum atomic E-state index is -1.45. The molecule has 2 aromatic carbocycles. The maximum Gasteiger partial charge on any atom is 0.312 e. The second-order valence-corrected chi connectivity index (χ2v) is 16.6. The maximum atomic E-state index is 14.4. The largest absolute Gasteiger partial charge is 0.370 e. The minimum Gasteiger partial charge on any atom is -0.370 e. The maximum absolute atomic E-state index is 14.4. The van der Waals surface area contributed by atoms with Gasteiger partial charge in [-0.2, -0.15) is 0 Å². The van der Waals surface area contributed by atoms with Crippen LogP contribution in [0.25, 0.3) is 10.9 Å². The number of para-hydroxylation sites is 1. The number of primary amides is 2. The van der Waals surface area contributed by atoms with Gasteiger partial charge in [0.2, 0.25) is 53.2 Å². The Labute approximate surface area is 403 Å². The number of carbonyl (C=O) groups excluding carboxylic acids is 10. The molecule has 2 heterocycles. The number of benzene rings is 2. The number of aromatic nitrogens is 1. The molecule has 1 aliphatic rings. The zero-order valence-electron chi connectivity index (χ0n) is 38.8. The van der Waals surface area contributed by atoms with Gasteiger partial charge >= 0.3 is 6.03 Å². The van der Waals surface area contributed by atoms with Crippen LogP contribution in [0.15, 0.2) is 65.8 Å². The average molecular weight is 974 g/mol. The molecule has 11 amide bonds. The highest BCUT2D eigenvalue weighted by molar-refractivity contribution is 5.98. The Balaban J connectivity index is 1.73. The summed E-state index contributed by atoms with van der Waals surface area (Å²) < 4.78 is 0. The normalized spacial score (nSPS) is 20.0. The molecule has 1 aliphatic heterocycles. The lowest BCUT2D eigenvalue weighted by molar-refractivity contribution is -0.135. The van der Waals surface area contributed by atoms with Gasteiger partial charge in [-0.1, -0.05) is 48.5 Å². The molecule has 4 rings (SSSR count). The summed E-state index contributed by atoms with van der Waals surface area (Å²) in [6, 6.07) is 6.66. The summed E-state index contributed by atoms with van der Waals surface area (Å²) in [7, 11) is 0. The average Bonchev–Trinajstić information content (AvgIpc) is 3.72. The van der Waals surface area contributed by atoms with E-state index < -0.39 is 102 Å². The molecule has 18 N–H and O–H groups in total. The monoisotopic (exact) mass is 973 g/mol. The van der Waals surface area contributed by atoms with Crippen molar-refractivity contribution in [3.63, 3.8) is 0 Å². The molecular weight excluding hydrogens is 911 g/mol. The van der Waals surface area contributed by atoms with Crippen molar-refractivity contribution >= 4 is 76.1 Å². The third kappa shape index (κ3) is 18.4. The first-order chi connectivity index (χ1) is 33.4. The van der Waals surface area contributed by atoms with E-state index in [1.807, 2.05) is 18.2 Å². The molecule has 3 aromatic rings. The van der Waals surface area contributed by atoms with E-state index in [1.165, 1.54) is 6.92 Å². The van der Waals surface area contributed by atoms with Gasteiger partial charge in [-0.3, -0.25) is 48.1 Å². The molecule has 0 aliphatic carbocycles. The van der Waals surface area contributed by atoms with Crippen LogP contribution >= 0.6 is 0 Å². The molecule has 1 saturated heterocycles. The number of carbonyl (C=O) groups is 10. The highest BCUT2D eigenvalue weighted by Crippen LogP contribution is 2.19. The van der Waals surface area contributed by atoms with Crippen molar-refractivity contribution in [3.8, 4) is 0 Å². The number of fused-ring (bicyclic) bond motifs is 1. The Hall–Kier alpha value is -8.25. The van der Waals surface area contributed by atoms with Crippen LogP contribution in [0.2, 0.25) is 0 Å². The molecule has 0 spiro atoms. The third-order valence-electron chi connectivity index (χ3n) is 11.1. The van der Waals surface area contributed by atoms with E-state index in [1.54, 1.807) is 42.6 Å². The van der Waals surface area contributed by atoms with Crippen LogP contribution in [0.3, 0.4) is 0 Å². The standard InChI is InChI=1S/C45H63N15O10/c1-25(61)53-24-37(63)55-32-15-16-36(62)50-20-17-33(42(68)59-34(38(46)64)22-27-23-54-29-12-6-5-11-28(27)29)58-39(65)30(13-7-18-51-44(47)48)57-43(69)35(21-26-9-3-2-4-10-26)60-40(66)31(56-41(32)67)14-8-19-52-45(49)70/h2-6,9-12,23,30-35,54H,7-8,13-22,24H2,1H3,(H2,46,64)(H,50,62)(H,53,61)(H,55,63)(H,56,67)(H,57,69)(H,58,65)(H,59,68)(H,60,66)(H4,47,48,51)(H3,49,52,70)/t30-,31-,32?,33?,34-,35?/m0/s1. The first-order valence-electron chi connectivity index (χ1n) is 22.7. The quantitative estimate of drug-likeness (QED) is 0.0333. The Morgan fingerprint density at radius 2 is 1.40 bits per heavy atom. The summed E-state index contributed by atoms with van der Waals surface area (Å²) in [5, 5.41) is 23.8. The molecule has 0 saturated carbocycles. The number of nitrogens with two attached hydrogens (primary N) is 4. The SMILES string of the molecule is CC(=O)NCC(=O)NC1CCC(=O)NCCC(C(=O)N[C@@H](Cc2c[nH]c3ccccc23)C(N)=O)NC(=O)[C@H](CCCN=C(N)N)NC(=O)C(Cc2ccccc2)NC(=O)[C@H](CCCNC(N)=O)NC1=O. The second-order valence-electron chi connectivity index (χ2n) is 16.6. The minimum absolute atomic E-state index is 0.0110. The molecular formula is C45H63N15O10. The highest BCUT2D eigenvalue weighted by atomic mass is 16.2. The number of amides is 11. The van der Waals surface area contributed by atoms with E-state index in [9.17, 15) is 47.9 Å². The van der Waals surface area contributed by atoms with Crippen LogP contribution in [0.5, 0.6) is 0 Å². The number of rotatable bonds is 18. The van der Waals surface area contributed by atoms with Gasteiger partial charge in [-0.05, 0) is 55.7 Å². The smallest absolute Gasteiger partial charge is 0.312 e. The Bertz CT molecular complexity index is 2370. The van der Waals surface area contributed by atoms with E-state index in [0.29, 0.717) is 11.1 Å². The molecule has 1 aromatic heterocycles. The molecule has 0 radical (unpaired) electrons. The number of nitrogens with one attached hydrogen (secondary N) is 10. The van der Waals surface area contributed by atoms with E-state index in [2.05, 4.69) is 57.8 Å². The third-order valence-corrected chi connectivity index (χ3v) is 11.1. The van der Waals surface area contributed by atoms with Crippen LogP contribution < -0.4 is 70.8 Å². The molecule has 6 atom stereocenters. The summed E-state index contributed by atoms with van der Waals surface area (Å²) in [6.07, 6.45) is 0.599. The van der Waals surface area contributed by atoms with E-state index in [4.69, 9.17) is 22.9 Å². The van der Waals surface area contributed by atoms with Crippen molar-refractivity contribution in [2.45, 2.75) is 101 Å². The summed E-state index contributed by atoms with van der Waals surface area (Å²) in [5.74, 6) is -7.40. The topological polar surface area (TPSA) is 411 Å². The molecule has 0 bridgehead atoms. The van der Waals surface area contributed by atoms with Crippen molar-refractivity contribution in [2.24, 2.45) is 27.9 Å². The lowest BCUT2D eigenvalue weighted by Crippen LogP contribution is -2.60. The molecule has 25 nitrogen and oxygen atoms in total. The van der Waals surface area contributed by atoms with Crippen molar-refractivity contribution in [1.82, 2.24) is 52.8 Å². The van der Waals surface area contributed by atoms with Gasteiger partial charge in [-0.15, -0.1) is 0 Å². The van der Waals surface area contributed by atoms with Crippen molar-refractivity contribution in [1.29, 1.82) is 0 Å². The van der Waals surface area contributed by atoms with Crippen molar-refractivity contribution < 1.29 is 47.9 Å². The van der Waals surface area contributed by atoms with E-state index >= 15 is 0 Å². The van der Waals surface area contributed by atoms with Gasteiger partial charge < -0.3 is 75.8 Å². The molecule has 25 heteroatoms. The predicted molar refractivity (Wildman–Crippen MR) is 255 cm³/mol. The molecule has 3 unspecified atom stereocenters. The number of guanidine groups is 1. The van der Waals surface area contributed by atoms with Gasteiger partial charge in [-0.25, -0.2) is 4.79 Å². The van der Waals surface area contributed by atoms with Crippen LogP contribution in [0.1, 0.15) is 63.0 Å². The number of nitrogens with zero attached hydrogens (tertiary/aromatic N) is 1. The molecule has 378 valence electrons. The predicted octanol–water partition coefficient (Wildman–Crippen LogP) is -3.71. The lowest BCUT2D eigenvalue weighted by atomic mass is 10.0. The first-order valence-corrected chi connectivity index (χ1v) is 22.7. The summed E-state index contributed by atoms with van der Waals surface area (Å²) >= 11 is 0. The Kier molecular flexibility index (Phi) is 21.4. The number of aliphatic imine (C=N–C) groups is 1. The fraction of sp³-hybridized carbons (Fsp3) is 0.444. The van der Waals surface area contributed by atoms with Gasteiger partial charge in [0.05, 0.1) is 6.54 Å². The molecule has 70 heavy (non-hydrogen) atoms. The molecule has 1 fully saturated rings. The number of H-pyrrole nitrogens is 1. The summed E-state index contributed by atoms with van der Waals surface area (Å²) in [5.41, 5.74) is 24.1. The van der Waals surface area contributed by atoms with Crippen molar-refractivity contribution in [2.75, 3.05) is 26.2 Å². The van der Waals surface area contributed by atoms with E-state index in [-0.39, 0.29) is 83.4 Å². The second kappa shape index (κ2) is 27.5. The van der Waals surface area contributed by atoms with Gasteiger partial charge in [0.1, 0.15) is 36.3 Å². The Morgan fingerprint density at radius 3 is 2.09 bits per heavy atom. The van der Waals surface area contributed by atoms with E-state index in [0.717, 1.165) is 10.9 Å². The summed E-state index contributed by atoms with van der Waals surface area (Å²) in [6.45, 7) is 0.445. The van der Waals surface area contributed by atoms with Crippen molar-refractivity contribution in [3.05, 3.63) is 71.9 Å². The van der Waals surface area contributed by atoms with Gasteiger partial charge in [0.15, 0.2) is 5.96 Å². The van der Waals surface area contributed by atoms with Crippen LogP contribution in [-0.2, 0) is 56.0 Å². The van der Waals surface area contributed by atoms with Gasteiger partial charge in [0, 0.05) is 62.9 Å². The lowest BCUT2D eigenvalue weighted by Gasteiger charge is -2.27. The van der Waals surface area contributed by atoms with Gasteiger partial charge in [0.25, 0.3) is 0 Å². The van der Waals surface area contributed by atoms with Crippen LogP contribution in [-0.4, -0.2) is 133 Å². The zero-order chi connectivity index (χ0) is 51.2. The zero-order valence-corrected chi connectivity index (χ0v) is 38.8. The van der Waals surface area contributed by atoms with Crippen LogP contribution in [0, 0.1) is 0 Å². The summed E-state index contributed by atoms with van der Waals surface area (Å²) in [4.78, 5) is 140. The number of hydrogen-bond donors (Lipinski definition) is 14. The fourth-order valence-corrected chi connectivity index (χ4v) is 7.43. The number of urea groups is 1. The van der Waals surface area contributed by atoms with Crippen LogP contribution in [0.4, 0.5) is 4.79 Å². The number of hydrogen-bond acceptors (Lipinski definition) is 11. The fourth-order valence-electron chi connectivity index (χ4n) is 7.43. The first kappa shape index (κ1) is 54.4. The number of aromatic amines is 1. The Morgan fingerprint density at radius 1 is 0.757 bits per heavy atom. The highest BCUT2D eigenvalue weighted by Gasteiger charge is 2.34.